The van der Waals surface area contributed by atoms with E-state index in [1.807, 2.05) is 0 Å². The Morgan fingerprint density at radius 3 is 2.57 bits per heavy atom. The molecule has 1 fully saturated rings. The normalized spacial score (nSPS) is 17.5. The van der Waals surface area contributed by atoms with Gasteiger partial charge >= 0.3 is 0 Å². The van der Waals surface area contributed by atoms with Gasteiger partial charge in [-0.1, -0.05) is 48.9 Å². The highest BCUT2D eigenvalue weighted by Gasteiger charge is 2.16. The summed E-state index contributed by atoms with van der Waals surface area (Å²) in [6.07, 6.45) is 4.92. The van der Waals surface area contributed by atoms with Crippen molar-refractivity contribution in [3.05, 3.63) is 48.0 Å². The second-order valence-corrected chi connectivity index (χ2v) is 5.94. The minimum absolute atomic E-state index is 0.00183. The third-order valence-electron chi connectivity index (χ3n) is 4.54. The van der Waals surface area contributed by atoms with E-state index >= 15 is 0 Å². The number of hydrogen-bond acceptors (Lipinski definition) is 2. The summed E-state index contributed by atoms with van der Waals surface area (Å²) in [4.78, 5) is 2.51. The lowest BCUT2D eigenvalue weighted by Gasteiger charge is -2.27. The van der Waals surface area contributed by atoms with E-state index in [-0.39, 0.29) is 5.92 Å². The van der Waals surface area contributed by atoms with Crippen molar-refractivity contribution in [1.29, 1.82) is 5.26 Å². The van der Waals surface area contributed by atoms with Gasteiger partial charge in [0.05, 0.1) is 12.0 Å². The van der Waals surface area contributed by atoms with Crippen molar-refractivity contribution in [1.82, 2.24) is 4.90 Å². The molecule has 0 aliphatic carbocycles. The molecule has 0 unspecified atom stereocenters. The molecule has 0 spiro atoms. The fourth-order valence-electron chi connectivity index (χ4n) is 3.34. The largest absolute Gasteiger partial charge is 0.303 e. The maximum atomic E-state index is 9.60. The Labute approximate surface area is 127 Å². The van der Waals surface area contributed by atoms with Crippen molar-refractivity contribution in [2.24, 2.45) is 0 Å². The van der Waals surface area contributed by atoms with Gasteiger partial charge in [-0.05, 0) is 55.2 Å². The molecule has 2 aromatic carbocycles. The Morgan fingerprint density at radius 2 is 1.76 bits per heavy atom. The lowest BCUT2D eigenvalue weighted by molar-refractivity contribution is 0.224. The van der Waals surface area contributed by atoms with Crippen LogP contribution in [0.1, 0.15) is 37.2 Å². The number of rotatable bonds is 4. The first-order valence-corrected chi connectivity index (χ1v) is 7.98. The van der Waals surface area contributed by atoms with Crippen LogP contribution in [0.15, 0.2) is 42.5 Å². The van der Waals surface area contributed by atoms with Gasteiger partial charge in [0, 0.05) is 0 Å². The highest BCUT2D eigenvalue weighted by molar-refractivity contribution is 5.86. The molecule has 3 rings (SSSR count). The van der Waals surface area contributed by atoms with Crippen LogP contribution in [0.25, 0.3) is 10.8 Å². The number of nitrogens with zero attached hydrogens (tertiary/aromatic N) is 2. The van der Waals surface area contributed by atoms with Gasteiger partial charge in [-0.25, -0.2) is 0 Å². The topological polar surface area (TPSA) is 27.0 Å². The van der Waals surface area contributed by atoms with Crippen LogP contribution in [0.3, 0.4) is 0 Å². The van der Waals surface area contributed by atoms with Crippen molar-refractivity contribution < 1.29 is 0 Å². The Kier molecular flexibility index (Phi) is 4.52. The van der Waals surface area contributed by atoms with Crippen LogP contribution >= 0.6 is 0 Å². The minimum atomic E-state index is -0.00183. The van der Waals surface area contributed by atoms with E-state index in [2.05, 4.69) is 53.4 Å². The number of hydrogen-bond donors (Lipinski definition) is 0. The third-order valence-corrected chi connectivity index (χ3v) is 4.54. The molecular formula is C19H22N2. The van der Waals surface area contributed by atoms with Gasteiger partial charge in [0.15, 0.2) is 0 Å². The summed E-state index contributed by atoms with van der Waals surface area (Å²) in [7, 11) is 0. The molecule has 1 heterocycles. The van der Waals surface area contributed by atoms with E-state index in [0.717, 1.165) is 13.0 Å². The Balaban J connectivity index is 1.77. The molecule has 0 saturated carbocycles. The average molecular weight is 278 g/mol. The maximum absolute atomic E-state index is 9.60. The fraction of sp³-hybridized carbons (Fsp3) is 0.421. The zero-order valence-electron chi connectivity index (χ0n) is 12.5. The van der Waals surface area contributed by atoms with E-state index in [1.54, 1.807) is 0 Å². The van der Waals surface area contributed by atoms with E-state index in [0.29, 0.717) is 0 Å². The summed E-state index contributed by atoms with van der Waals surface area (Å²) < 4.78 is 0. The van der Waals surface area contributed by atoms with Gasteiger partial charge < -0.3 is 4.90 Å². The molecular weight excluding hydrogens is 256 g/mol. The fourth-order valence-corrected chi connectivity index (χ4v) is 3.34. The second kappa shape index (κ2) is 6.74. The third kappa shape index (κ3) is 3.25. The molecule has 2 heteroatoms. The predicted molar refractivity (Wildman–Crippen MR) is 87.2 cm³/mol. The Morgan fingerprint density at radius 1 is 1.00 bits per heavy atom. The van der Waals surface area contributed by atoms with Crippen LogP contribution in [0.4, 0.5) is 0 Å². The van der Waals surface area contributed by atoms with E-state index < -0.39 is 0 Å². The molecule has 0 amide bonds. The van der Waals surface area contributed by atoms with Crippen molar-refractivity contribution >= 4 is 10.8 Å². The van der Waals surface area contributed by atoms with Gasteiger partial charge in [0.1, 0.15) is 0 Å². The van der Waals surface area contributed by atoms with Crippen LogP contribution in [-0.2, 0) is 0 Å². The highest BCUT2D eigenvalue weighted by atomic mass is 15.1. The molecule has 2 aromatic rings. The smallest absolute Gasteiger partial charge is 0.0730 e. The number of piperidine rings is 1. The van der Waals surface area contributed by atoms with Crippen molar-refractivity contribution in [3.8, 4) is 6.07 Å². The van der Waals surface area contributed by atoms with Crippen LogP contribution in [0, 0.1) is 11.3 Å². The SMILES string of the molecule is N#C[C@H](CCN1CCCCC1)c1cccc2ccccc12. The van der Waals surface area contributed by atoms with Gasteiger partial charge in [-0.15, -0.1) is 0 Å². The molecule has 2 nitrogen and oxygen atoms in total. The highest BCUT2D eigenvalue weighted by Crippen LogP contribution is 2.28. The zero-order valence-corrected chi connectivity index (χ0v) is 12.5. The summed E-state index contributed by atoms with van der Waals surface area (Å²) in [6.45, 7) is 3.45. The molecule has 0 N–H and O–H groups in total. The predicted octanol–water partition coefficient (Wildman–Crippen LogP) is 4.32. The summed E-state index contributed by atoms with van der Waals surface area (Å²) in [5, 5.41) is 12.1. The molecule has 1 atom stereocenters. The van der Waals surface area contributed by atoms with Gasteiger partial charge in [0.2, 0.25) is 0 Å². The summed E-state index contributed by atoms with van der Waals surface area (Å²) in [5.74, 6) is -0.00183. The molecule has 108 valence electrons. The van der Waals surface area contributed by atoms with Crippen LogP contribution in [-0.4, -0.2) is 24.5 Å². The molecule has 0 bridgehead atoms. The first-order valence-electron chi connectivity index (χ1n) is 7.98. The summed E-state index contributed by atoms with van der Waals surface area (Å²) in [5.41, 5.74) is 1.19. The average Bonchev–Trinajstić information content (AvgIpc) is 2.56. The first-order chi connectivity index (χ1) is 10.4. The number of nitriles is 1. The number of fused-ring (bicyclic) bond motifs is 1. The van der Waals surface area contributed by atoms with Crippen LogP contribution in [0.2, 0.25) is 0 Å². The molecule has 1 saturated heterocycles. The quantitative estimate of drug-likeness (QED) is 0.832. The Hall–Kier alpha value is -1.85. The summed E-state index contributed by atoms with van der Waals surface area (Å²) in [6, 6.07) is 17.2. The lowest BCUT2D eigenvalue weighted by Crippen LogP contribution is -2.31. The van der Waals surface area contributed by atoms with Gasteiger partial charge in [0.25, 0.3) is 0 Å². The molecule has 1 aliphatic rings. The second-order valence-electron chi connectivity index (χ2n) is 5.94. The van der Waals surface area contributed by atoms with Gasteiger partial charge in [-0.2, -0.15) is 5.26 Å². The van der Waals surface area contributed by atoms with Crippen molar-refractivity contribution in [3.63, 3.8) is 0 Å². The number of likely N-dealkylation sites (tertiary alicyclic amines) is 1. The molecule has 21 heavy (non-hydrogen) atoms. The van der Waals surface area contributed by atoms with Crippen molar-refractivity contribution in [2.75, 3.05) is 19.6 Å². The maximum Gasteiger partial charge on any atom is 0.0730 e. The van der Waals surface area contributed by atoms with E-state index in [9.17, 15) is 5.26 Å². The van der Waals surface area contributed by atoms with Crippen molar-refractivity contribution in [2.45, 2.75) is 31.6 Å². The van der Waals surface area contributed by atoms with E-state index in [4.69, 9.17) is 0 Å². The first kappa shape index (κ1) is 14.1. The lowest BCUT2D eigenvalue weighted by atomic mass is 9.92. The molecule has 1 aliphatic heterocycles. The minimum Gasteiger partial charge on any atom is -0.303 e. The van der Waals surface area contributed by atoms with E-state index in [1.165, 1.54) is 48.7 Å². The van der Waals surface area contributed by atoms with Gasteiger partial charge in [-0.3, -0.25) is 0 Å². The van der Waals surface area contributed by atoms with Crippen LogP contribution < -0.4 is 0 Å². The Bertz CT molecular complexity index is 630. The molecule has 0 aromatic heterocycles. The number of benzene rings is 2. The monoisotopic (exact) mass is 278 g/mol. The standard InChI is InChI=1S/C19H22N2/c20-15-17(11-14-21-12-4-1-5-13-21)19-10-6-8-16-7-2-3-9-18(16)19/h2-3,6-10,17H,1,4-5,11-14H2/t17-/m0/s1. The summed E-state index contributed by atoms with van der Waals surface area (Å²) >= 11 is 0. The molecule has 0 radical (unpaired) electrons. The zero-order chi connectivity index (χ0) is 14.5. The van der Waals surface area contributed by atoms with Crippen LogP contribution in [0.5, 0.6) is 0 Å².